The van der Waals surface area contributed by atoms with Gasteiger partial charge in [0.1, 0.15) is 0 Å². The summed E-state index contributed by atoms with van der Waals surface area (Å²) in [5.74, 6) is 0.0383. The topological polar surface area (TPSA) is 46.1 Å². The summed E-state index contributed by atoms with van der Waals surface area (Å²) >= 11 is 16.9. The second-order valence-corrected chi connectivity index (χ2v) is 6.42. The third-order valence-electron chi connectivity index (χ3n) is 2.57. The van der Waals surface area contributed by atoms with Gasteiger partial charge in [-0.05, 0) is 11.1 Å². The second kappa shape index (κ2) is 8.77. The summed E-state index contributed by atoms with van der Waals surface area (Å²) in [6, 6.07) is 0. The minimum absolute atomic E-state index is 0. The van der Waals surface area contributed by atoms with Crippen LogP contribution in [0.15, 0.2) is 70.8 Å². The molecule has 0 aromatic rings. The van der Waals surface area contributed by atoms with Gasteiger partial charge in [0.25, 0.3) is 0 Å². The molecule has 0 N–H and O–H groups in total. The number of allylic oxidation sites excluding steroid dienone is 12. The van der Waals surface area contributed by atoms with Crippen LogP contribution in [0.3, 0.4) is 0 Å². The van der Waals surface area contributed by atoms with Crippen LogP contribution in [0.4, 0.5) is 0 Å². The fourth-order valence-corrected chi connectivity index (χ4v) is 2.08. The van der Waals surface area contributed by atoms with E-state index in [1.807, 2.05) is 24.3 Å². The van der Waals surface area contributed by atoms with E-state index in [4.69, 9.17) is 34.8 Å². The third-order valence-corrected chi connectivity index (χ3v) is 3.18. The minimum atomic E-state index is -1.51. The SMILES string of the molecule is CC([O-])=C1C=CC=C1.CC([O-])=C1C=CC=C1C(Cl)(Cl)Cl.[Fe+2]. The van der Waals surface area contributed by atoms with Crippen molar-refractivity contribution in [2.24, 2.45) is 0 Å². The van der Waals surface area contributed by atoms with Crippen LogP contribution >= 0.6 is 34.8 Å². The van der Waals surface area contributed by atoms with Crippen LogP contribution in [0, 0.1) is 0 Å². The molecule has 0 heterocycles. The Hall–Kier alpha value is -0.571. The first-order valence-electron chi connectivity index (χ1n) is 5.80. The Morgan fingerprint density at radius 3 is 1.71 bits per heavy atom. The summed E-state index contributed by atoms with van der Waals surface area (Å²) in [5, 5.41) is 21.5. The number of hydrogen-bond acceptors (Lipinski definition) is 2. The van der Waals surface area contributed by atoms with Crippen LogP contribution in [-0.2, 0) is 17.1 Å². The van der Waals surface area contributed by atoms with E-state index in [9.17, 15) is 10.2 Å². The Morgan fingerprint density at radius 2 is 1.43 bits per heavy atom. The quantitative estimate of drug-likeness (QED) is 0.364. The van der Waals surface area contributed by atoms with Crippen LogP contribution < -0.4 is 10.2 Å². The maximum absolute atomic E-state index is 11.0. The Morgan fingerprint density at radius 1 is 0.905 bits per heavy atom. The van der Waals surface area contributed by atoms with Gasteiger partial charge in [0.05, 0.1) is 0 Å². The van der Waals surface area contributed by atoms with Crippen molar-refractivity contribution in [2.75, 3.05) is 0 Å². The van der Waals surface area contributed by atoms with E-state index in [0.29, 0.717) is 11.1 Å². The first kappa shape index (κ1) is 20.4. The van der Waals surface area contributed by atoms with Gasteiger partial charge < -0.3 is 10.2 Å². The number of hydrogen-bond donors (Lipinski definition) is 0. The Balaban J connectivity index is 0.000000390. The van der Waals surface area contributed by atoms with Gasteiger partial charge in [-0.15, -0.1) is 11.5 Å². The predicted molar refractivity (Wildman–Crippen MR) is 81.2 cm³/mol. The van der Waals surface area contributed by atoms with Crippen molar-refractivity contribution in [3.8, 4) is 0 Å². The van der Waals surface area contributed by atoms with Crippen LogP contribution in [0.1, 0.15) is 13.8 Å². The molecule has 2 nitrogen and oxygen atoms in total. The molecule has 0 aromatic heterocycles. The standard InChI is InChI=1S/C8H7Cl3O.C7H8O.Fe/c1-5(12)6-3-2-4-7(6)8(9,10)11;1-6(8)7-4-2-3-5-7;/h2-4,12H,1H3;2-5,8H,1H3;/q;;+2/p-2. The Bertz CT molecular complexity index is 540. The average molecular weight is 387 g/mol. The molecule has 0 radical (unpaired) electrons. The van der Waals surface area contributed by atoms with Gasteiger partial charge in [-0.1, -0.05) is 91.2 Å². The maximum Gasteiger partial charge on any atom is 2.00 e. The molecular weight excluding hydrogens is 374 g/mol. The molecule has 2 aliphatic rings. The van der Waals surface area contributed by atoms with Crippen molar-refractivity contribution in [1.82, 2.24) is 0 Å². The Kier molecular flexibility index (Phi) is 8.53. The van der Waals surface area contributed by atoms with E-state index < -0.39 is 3.79 Å². The molecule has 6 heteroatoms. The summed E-state index contributed by atoms with van der Waals surface area (Å²) in [4.78, 5) is 0. The summed E-state index contributed by atoms with van der Waals surface area (Å²) in [6.45, 7) is 3.00. The first-order valence-corrected chi connectivity index (χ1v) is 6.93. The van der Waals surface area contributed by atoms with E-state index in [1.165, 1.54) is 6.92 Å². The number of rotatable bonds is 0. The minimum Gasteiger partial charge on any atom is -0.875 e. The van der Waals surface area contributed by atoms with Crippen molar-refractivity contribution in [3.63, 3.8) is 0 Å². The van der Waals surface area contributed by atoms with Gasteiger partial charge >= 0.3 is 17.1 Å². The zero-order chi connectivity index (χ0) is 15.3. The number of alkyl halides is 3. The molecule has 0 spiro atoms. The van der Waals surface area contributed by atoms with E-state index in [2.05, 4.69) is 0 Å². The summed E-state index contributed by atoms with van der Waals surface area (Å²) in [6.07, 6.45) is 12.3. The molecule has 0 atom stereocenters. The molecule has 21 heavy (non-hydrogen) atoms. The average Bonchev–Trinajstić information content (AvgIpc) is 3.01. The molecule has 114 valence electrons. The predicted octanol–water partition coefficient (Wildman–Crippen LogP) is 3.23. The zero-order valence-corrected chi connectivity index (χ0v) is 14.7. The van der Waals surface area contributed by atoms with E-state index in [1.54, 1.807) is 25.2 Å². The fourth-order valence-electron chi connectivity index (χ4n) is 1.58. The molecule has 0 aliphatic heterocycles. The van der Waals surface area contributed by atoms with Crippen molar-refractivity contribution in [1.29, 1.82) is 0 Å². The molecule has 0 saturated heterocycles. The van der Waals surface area contributed by atoms with Crippen LogP contribution in [0.2, 0.25) is 0 Å². The molecular formula is C15H13Cl3FeO2. The van der Waals surface area contributed by atoms with Crippen molar-refractivity contribution in [3.05, 3.63) is 70.8 Å². The van der Waals surface area contributed by atoms with Crippen molar-refractivity contribution >= 4 is 34.8 Å². The largest absolute Gasteiger partial charge is 2.00 e. The second-order valence-electron chi connectivity index (χ2n) is 4.14. The monoisotopic (exact) mass is 386 g/mol. The van der Waals surface area contributed by atoms with E-state index in [-0.39, 0.29) is 28.6 Å². The molecule has 2 aliphatic carbocycles. The van der Waals surface area contributed by atoms with Gasteiger partial charge in [-0.2, -0.15) is 0 Å². The fraction of sp³-hybridized carbons (Fsp3) is 0.200. The molecule has 0 fully saturated rings. The normalized spacial score (nSPS) is 18.0. The summed E-state index contributed by atoms with van der Waals surface area (Å²) in [5.41, 5.74) is 1.71. The first-order chi connectivity index (χ1) is 9.23. The molecule has 0 saturated carbocycles. The van der Waals surface area contributed by atoms with E-state index >= 15 is 0 Å². The third kappa shape index (κ3) is 6.37. The van der Waals surface area contributed by atoms with Crippen molar-refractivity contribution < 1.29 is 27.3 Å². The maximum atomic E-state index is 11.0. The van der Waals surface area contributed by atoms with Crippen molar-refractivity contribution in [2.45, 2.75) is 17.6 Å². The molecule has 0 amide bonds. The summed E-state index contributed by atoms with van der Waals surface area (Å²) in [7, 11) is 0. The van der Waals surface area contributed by atoms with Gasteiger partial charge in [-0.25, -0.2) is 0 Å². The Labute approximate surface area is 150 Å². The molecule has 0 aromatic carbocycles. The zero-order valence-electron chi connectivity index (χ0n) is 11.3. The smallest absolute Gasteiger partial charge is 0.875 e. The van der Waals surface area contributed by atoms with Crippen LogP contribution in [0.25, 0.3) is 0 Å². The molecule has 0 unspecified atom stereocenters. The molecule has 0 bridgehead atoms. The van der Waals surface area contributed by atoms with E-state index in [0.717, 1.165) is 5.57 Å². The van der Waals surface area contributed by atoms with Gasteiger partial charge in [0, 0.05) is 5.57 Å². The van der Waals surface area contributed by atoms with Crippen LogP contribution in [0.5, 0.6) is 0 Å². The summed E-state index contributed by atoms with van der Waals surface area (Å²) < 4.78 is -1.51. The van der Waals surface area contributed by atoms with Gasteiger partial charge in [0.2, 0.25) is 3.79 Å². The van der Waals surface area contributed by atoms with Gasteiger partial charge in [0.15, 0.2) is 0 Å². The van der Waals surface area contributed by atoms with Gasteiger partial charge in [-0.3, -0.25) is 0 Å². The van der Waals surface area contributed by atoms with Crippen LogP contribution in [-0.4, -0.2) is 3.79 Å². The molecule has 2 rings (SSSR count). The number of halogens is 3.